The van der Waals surface area contributed by atoms with Crippen molar-refractivity contribution in [1.29, 1.82) is 0 Å². The third kappa shape index (κ3) is 3.40. The molecule has 0 atom stereocenters. The van der Waals surface area contributed by atoms with E-state index in [2.05, 4.69) is 5.32 Å². The molecule has 0 aromatic carbocycles. The van der Waals surface area contributed by atoms with Gasteiger partial charge in [0.1, 0.15) is 4.88 Å². The molecule has 1 aromatic heterocycles. The molecule has 0 radical (unpaired) electrons. The number of thiophene rings is 1. The van der Waals surface area contributed by atoms with Gasteiger partial charge in [0.25, 0.3) is 11.8 Å². The van der Waals surface area contributed by atoms with Crippen molar-refractivity contribution in [2.75, 3.05) is 13.1 Å². The first kappa shape index (κ1) is 12.4. The molecule has 0 aliphatic carbocycles. The zero-order valence-electron chi connectivity index (χ0n) is 7.60. The van der Waals surface area contributed by atoms with E-state index in [1.54, 1.807) is 5.38 Å². The SMILES string of the molecule is NCC(F)(F)CNC(=O)c1sccc1Cl. The number of carbonyl (C=O) groups excluding carboxylic acids is 1. The molecule has 1 rings (SSSR count). The second-order valence-electron chi connectivity index (χ2n) is 2.84. The van der Waals surface area contributed by atoms with Crippen LogP contribution >= 0.6 is 22.9 Å². The molecule has 1 aromatic rings. The predicted molar refractivity (Wildman–Crippen MR) is 55.7 cm³/mol. The quantitative estimate of drug-likeness (QED) is 0.860. The Kier molecular flexibility index (Phi) is 4.01. The Labute approximate surface area is 94.2 Å². The summed E-state index contributed by atoms with van der Waals surface area (Å²) in [5.41, 5.74) is 4.82. The normalized spacial score (nSPS) is 11.5. The van der Waals surface area contributed by atoms with Crippen molar-refractivity contribution in [1.82, 2.24) is 5.32 Å². The number of nitrogens with two attached hydrogens (primary N) is 1. The van der Waals surface area contributed by atoms with Crippen LogP contribution in [0.2, 0.25) is 5.02 Å². The van der Waals surface area contributed by atoms with Crippen LogP contribution in [0, 0.1) is 0 Å². The lowest BCUT2D eigenvalue weighted by atomic mass is 10.3. The van der Waals surface area contributed by atoms with Gasteiger partial charge < -0.3 is 11.1 Å². The van der Waals surface area contributed by atoms with Crippen molar-refractivity contribution in [3.8, 4) is 0 Å². The van der Waals surface area contributed by atoms with Crippen molar-refractivity contribution in [2.24, 2.45) is 5.73 Å². The predicted octanol–water partition coefficient (Wildman–Crippen LogP) is 1.73. The maximum absolute atomic E-state index is 12.7. The summed E-state index contributed by atoms with van der Waals surface area (Å²) in [6.45, 7) is -1.58. The molecule has 0 unspecified atom stereocenters. The molecular formula is C8H9ClF2N2OS. The van der Waals surface area contributed by atoms with E-state index in [9.17, 15) is 13.6 Å². The Hall–Kier alpha value is -0.720. The van der Waals surface area contributed by atoms with E-state index >= 15 is 0 Å². The van der Waals surface area contributed by atoms with Crippen molar-refractivity contribution < 1.29 is 13.6 Å². The van der Waals surface area contributed by atoms with Gasteiger partial charge in [0, 0.05) is 0 Å². The lowest BCUT2D eigenvalue weighted by Gasteiger charge is -2.13. The Bertz CT molecular complexity index is 356. The zero-order valence-corrected chi connectivity index (χ0v) is 9.17. The molecule has 84 valence electrons. The van der Waals surface area contributed by atoms with Gasteiger partial charge in [-0.05, 0) is 11.4 Å². The van der Waals surface area contributed by atoms with Crippen LogP contribution in [0.1, 0.15) is 9.67 Å². The first-order valence-corrected chi connectivity index (χ1v) is 5.31. The number of halogens is 3. The van der Waals surface area contributed by atoms with E-state index in [4.69, 9.17) is 17.3 Å². The summed E-state index contributed by atoms with van der Waals surface area (Å²) in [6.07, 6.45) is 0. The fourth-order valence-corrected chi connectivity index (χ4v) is 1.87. The van der Waals surface area contributed by atoms with E-state index < -0.39 is 24.9 Å². The van der Waals surface area contributed by atoms with E-state index in [0.29, 0.717) is 0 Å². The third-order valence-corrected chi connectivity index (χ3v) is 2.97. The molecule has 0 saturated carbocycles. The van der Waals surface area contributed by atoms with Gasteiger partial charge in [0.2, 0.25) is 0 Å². The molecule has 7 heteroatoms. The Morgan fingerprint density at radius 1 is 1.67 bits per heavy atom. The van der Waals surface area contributed by atoms with Crippen molar-refractivity contribution in [3.63, 3.8) is 0 Å². The molecule has 15 heavy (non-hydrogen) atoms. The Morgan fingerprint density at radius 2 is 2.33 bits per heavy atom. The summed E-state index contributed by atoms with van der Waals surface area (Å²) in [7, 11) is 0. The maximum Gasteiger partial charge on any atom is 0.277 e. The monoisotopic (exact) mass is 254 g/mol. The van der Waals surface area contributed by atoms with Gasteiger partial charge in [0.15, 0.2) is 0 Å². The van der Waals surface area contributed by atoms with Crippen LogP contribution in [0.3, 0.4) is 0 Å². The number of hydrogen-bond acceptors (Lipinski definition) is 3. The van der Waals surface area contributed by atoms with Crippen LogP contribution in [-0.4, -0.2) is 24.9 Å². The molecule has 3 nitrogen and oxygen atoms in total. The molecule has 0 bridgehead atoms. The van der Waals surface area contributed by atoms with Gasteiger partial charge in [0.05, 0.1) is 18.1 Å². The van der Waals surface area contributed by atoms with Gasteiger partial charge in [-0.15, -0.1) is 11.3 Å². The average Bonchev–Trinajstić information content (AvgIpc) is 2.61. The minimum atomic E-state index is -3.08. The fourth-order valence-electron chi connectivity index (χ4n) is 0.818. The molecule has 1 amide bonds. The Morgan fingerprint density at radius 3 is 2.80 bits per heavy atom. The molecule has 1 heterocycles. The molecule has 0 saturated heterocycles. The molecule has 0 aliphatic heterocycles. The highest BCUT2D eigenvalue weighted by Crippen LogP contribution is 2.21. The summed E-state index contributed by atoms with van der Waals surface area (Å²) in [5.74, 6) is -3.69. The topological polar surface area (TPSA) is 55.1 Å². The van der Waals surface area contributed by atoms with Crippen LogP contribution in [0.5, 0.6) is 0 Å². The number of amides is 1. The number of hydrogen-bond donors (Lipinski definition) is 2. The zero-order chi connectivity index (χ0) is 11.5. The van der Waals surface area contributed by atoms with Crippen molar-refractivity contribution in [2.45, 2.75) is 5.92 Å². The standard InChI is InChI=1S/C8H9ClF2N2OS/c9-5-1-2-15-6(5)7(14)13-4-8(10,11)3-12/h1-2H,3-4,12H2,(H,13,14). The second-order valence-corrected chi connectivity index (χ2v) is 4.16. The van der Waals surface area contributed by atoms with Crippen molar-refractivity contribution in [3.05, 3.63) is 21.3 Å². The van der Waals surface area contributed by atoms with Gasteiger partial charge >= 0.3 is 0 Å². The molecule has 0 spiro atoms. The van der Waals surface area contributed by atoms with Crippen LogP contribution in [0.4, 0.5) is 8.78 Å². The van der Waals surface area contributed by atoms with Crippen LogP contribution in [0.25, 0.3) is 0 Å². The average molecular weight is 255 g/mol. The van der Waals surface area contributed by atoms with Crippen LogP contribution in [0.15, 0.2) is 11.4 Å². The van der Waals surface area contributed by atoms with Gasteiger partial charge in [-0.3, -0.25) is 4.79 Å². The van der Waals surface area contributed by atoms with Crippen LogP contribution in [-0.2, 0) is 0 Å². The first-order valence-electron chi connectivity index (χ1n) is 4.05. The summed E-state index contributed by atoms with van der Waals surface area (Å²) >= 11 is 6.75. The van der Waals surface area contributed by atoms with E-state index in [-0.39, 0.29) is 9.90 Å². The summed E-state index contributed by atoms with van der Waals surface area (Å²) in [4.78, 5) is 11.6. The smallest absolute Gasteiger partial charge is 0.277 e. The van der Waals surface area contributed by atoms with E-state index in [1.165, 1.54) is 6.07 Å². The highest BCUT2D eigenvalue weighted by atomic mass is 35.5. The summed E-state index contributed by atoms with van der Waals surface area (Å²) < 4.78 is 25.4. The first-order chi connectivity index (χ1) is 6.96. The lowest BCUT2D eigenvalue weighted by Crippen LogP contribution is -2.41. The van der Waals surface area contributed by atoms with E-state index in [1.807, 2.05) is 0 Å². The second kappa shape index (κ2) is 4.87. The number of carbonyl (C=O) groups is 1. The van der Waals surface area contributed by atoms with Gasteiger partial charge in [-0.1, -0.05) is 11.6 Å². The summed E-state index contributed by atoms with van der Waals surface area (Å²) in [6, 6.07) is 1.53. The maximum atomic E-state index is 12.7. The molecule has 0 aliphatic rings. The number of rotatable bonds is 4. The lowest BCUT2D eigenvalue weighted by molar-refractivity contribution is 0.0119. The largest absolute Gasteiger partial charge is 0.345 e. The highest BCUT2D eigenvalue weighted by molar-refractivity contribution is 7.12. The minimum Gasteiger partial charge on any atom is -0.345 e. The molecule has 0 fully saturated rings. The number of nitrogens with one attached hydrogen (secondary N) is 1. The number of alkyl halides is 2. The van der Waals surface area contributed by atoms with Gasteiger partial charge in [-0.2, -0.15) is 0 Å². The van der Waals surface area contributed by atoms with E-state index in [0.717, 1.165) is 11.3 Å². The van der Waals surface area contributed by atoms with Crippen molar-refractivity contribution >= 4 is 28.8 Å². The third-order valence-electron chi connectivity index (χ3n) is 1.63. The molecule has 3 N–H and O–H groups in total. The highest BCUT2D eigenvalue weighted by Gasteiger charge is 2.27. The Balaban J connectivity index is 2.55. The van der Waals surface area contributed by atoms with Gasteiger partial charge in [-0.25, -0.2) is 8.78 Å². The summed E-state index contributed by atoms with van der Waals surface area (Å²) in [5, 5.41) is 3.94. The van der Waals surface area contributed by atoms with Crippen LogP contribution < -0.4 is 11.1 Å². The molecular weight excluding hydrogens is 246 g/mol. The fraction of sp³-hybridized carbons (Fsp3) is 0.375. The minimum absolute atomic E-state index is 0.226.